The van der Waals surface area contributed by atoms with Gasteiger partial charge in [0.25, 0.3) is 5.91 Å². The number of carbonyl (C=O) groups excluding carboxylic acids is 1. The SMILES string of the molecule is CCn1c2ccccc2c2cc(-c3cc(C)c(-c4cc(C)c(-c5cc(C)c(-c6cc(C)c(/C=C(\C#N)C(=O)Nc7ccc([Si](OC)(OC)OC)cc7)s6)s5)s4)s3)ccc21. The van der Waals surface area contributed by atoms with E-state index in [9.17, 15) is 10.1 Å². The van der Waals surface area contributed by atoms with Gasteiger partial charge in [-0.15, -0.1) is 45.3 Å². The van der Waals surface area contributed by atoms with Crippen molar-refractivity contribution in [3.8, 4) is 45.8 Å². The first-order valence-electron chi connectivity index (χ1n) is 19.1. The lowest BCUT2D eigenvalue weighted by Gasteiger charge is -2.24. The Bertz CT molecular complexity index is 2940. The number of rotatable bonds is 12. The maximum absolute atomic E-state index is 13.3. The third-order valence-electron chi connectivity index (χ3n) is 10.7. The summed E-state index contributed by atoms with van der Waals surface area (Å²) < 4.78 is 19.1. The number of carbonyl (C=O) groups is 1. The first-order valence-corrected chi connectivity index (χ1v) is 24.1. The number of amides is 1. The van der Waals surface area contributed by atoms with Gasteiger partial charge in [-0.2, -0.15) is 5.26 Å². The maximum Gasteiger partial charge on any atom is 0.536 e. The lowest BCUT2D eigenvalue weighted by atomic mass is 10.1. The molecule has 0 aliphatic carbocycles. The number of benzene rings is 3. The first-order chi connectivity index (χ1) is 28.5. The molecule has 59 heavy (non-hydrogen) atoms. The van der Waals surface area contributed by atoms with Gasteiger partial charge in [-0.05, 0) is 123 Å². The number of nitrogens with zero attached hydrogens (tertiary/aromatic N) is 2. The number of hydrogen-bond acceptors (Lipinski definition) is 9. The molecule has 0 spiro atoms. The molecule has 1 N–H and O–H groups in total. The van der Waals surface area contributed by atoms with Crippen molar-refractivity contribution >= 4 is 98.8 Å². The van der Waals surface area contributed by atoms with E-state index in [1.165, 1.54) is 73.3 Å². The van der Waals surface area contributed by atoms with Crippen LogP contribution in [0.4, 0.5) is 5.69 Å². The Labute approximate surface area is 361 Å². The minimum Gasteiger partial charge on any atom is -0.373 e. The molecule has 0 atom stereocenters. The summed E-state index contributed by atoms with van der Waals surface area (Å²) in [5.74, 6) is -0.476. The zero-order chi connectivity index (χ0) is 41.6. The van der Waals surface area contributed by atoms with Crippen molar-refractivity contribution < 1.29 is 18.1 Å². The van der Waals surface area contributed by atoms with Gasteiger partial charge in [0, 0.05) is 99.6 Å². The molecular weight excluding hydrogens is 827 g/mol. The van der Waals surface area contributed by atoms with Crippen molar-refractivity contribution in [1.29, 1.82) is 5.26 Å². The molecule has 8 rings (SSSR count). The maximum atomic E-state index is 13.3. The van der Waals surface area contributed by atoms with Crippen molar-refractivity contribution in [1.82, 2.24) is 4.57 Å². The lowest BCUT2D eigenvalue weighted by Crippen LogP contribution is -2.54. The van der Waals surface area contributed by atoms with Crippen LogP contribution in [0.1, 0.15) is 34.1 Å². The average molecular weight is 870 g/mol. The largest absolute Gasteiger partial charge is 0.536 e. The summed E-state index contributed by atoms with van der Waals surface area (Å²) in [4.78, 5) is 22.9. The molecule has 7 nitrogen and oxygen atoms in total. The van der Waals surface area contributed by atoms with E-state index < -0.39 is 14.7 Å². The molecule has 3 aromatic carbocycles. The van der Waals surface area contributed by atoms with Gasteiger partial charge in [-0.1, -0.05) is 36.4 Å². The Kier molecular flexibility index (Phi) is 11.5. The van der Waals surface area contributed by atoms with Crippen LogP contribution in [0.25, 0.3) is 67.6 Å². The van der Waals surface area contributed by atoms with Crippen LogP contribution in [-0.2, 0) is 24.6 Å². The Morgan fingerprint density at radius 3 is 1.83 bits per heavy atom. The van der Waals surface area contributed by atoms with Crippen LogP contribution >= 0.6 is 45.3 Å². The summed E-state index contributed by atoms with van der Waals surface area (Å²) in [5.41, 5.74) is 9.16. The summed E-state index contributed by atoms with van der Waals surface area (Å²) in [7, 11) is 1.64. The molecule has 5 heterocycles. The van der Waals surface area contributed by atoms with Crippen LogP contribution in [0.15, 0.2) is 96.6 Å². The van der Waals surface area contributed by atoms with Gasteiger partial charge in [-0.3, -0.25) is 4.79 Å². The third kappa shape index (κ3) is 7.47. The smallest absolute Gasteiger partial charge is 0.373 e. The van der Waals surface area contributed by atoms with Crippen LogP contribution < -0.4 is 10.5 Å². The summed E-state index contributed by atoms with van der Waals surface area (Å²) >= 11 is 7.12. The molecule has 298 valence electrons. The number of fused-ring (bicyclic) bond motifs is 3. The van der Waals surface area contributed by atoms with Crippen LogP contribution in [0.2, 0.25) is 0 Å². The van der Waals surface area contributed by atoms with Gasteiger partial charge in [0.1, 0.15) is 11.6 Å². The number of thiophene rings is 4. The standard InChI is InChI=1S/C47H43N3O4S4Si/c1-9-50-37-13-11-10-12-35(37)36-24-31(14-19-38(36)50)40-21-28(3)45(56-40)42-23-30(5)46(58-42)43-22-29(4)44(57-43)41-20-27(2)39(55-41)25-32(26-48)47(51)49-33-15-17-34(18-16-33)59(52-6,53-7)54-8/h10-25H,9H2,1-8H3,(H,49,51)/b32-25+. The van der Waals surface area contributed by atoms with Crippen molar-refractivity contribution in [2.24, 2.45) is 0 Å². The second-order valence-corrected chi connectivity index (χ2v) is 21.5. The second-order valence-electron chi connectivity index (χ2n) is 14.4. The molecule has 8 aromatic rings. The fourth-order valence-corrected chi connectivity index (χ4v) is 14.6. The molecule has 5 aromatic heterocycles. The van der Waals surface area contributed by atoms with Crippen molar-refractivity contribution in [3.05, 3.63) is 124 Å². The third-order valence-corrected chi connectivity index (χ3v) is 18.8. The summed E-state index contributed by atoms with van der Waals surface area (Å²) in [6.45, 7) is 11.8. The van der Waals surface area contributed by atoms with Gasteiger partial charge in [0.2, 0.25) is 0 Å². The second kappa shape index (κ2) is 16.6. The number of anilines is 1. The summed E-state index contributed by atoms with van der Waals surface area (Å²) in [6.07, 6.45) is 1.69. The molecule has 0 bridgehead atoms. The number of hydrogen-bond donors (Lipinski definition) is 1. The minimum absolute atomic E-state index is 0.0296. The van der Waals surface area contributed by atoms with Crippen molar-refractivity contribution in [3.63, 3.8) is 0 Å². The highest BCUT2D eigenvalue weighted by molar-refractivity contribution is 7.29. The van der Waals surface area contributed by atoms with E-state index >= 15 is 0 Å². The zero-order valence-electron chi connectivity index (χ0n) is 34.1. The van der Waals surface area contributed by atoms with Crippen molar-refractivity contribution in [2.45, 2.75) is 41.2 Å². The number of aryl methyl sites for hydroxylation is 5. The normalized spacial score (nSPS) is 12.2. The zero-order valence-corrected chi connectivity index (χ0v) is 38.4. The van der Waals surface area contributed by atoms with Crippen LogP contribution in [-0.4, -0.2) is 40.6 Å². The molecule has 0 radical (unpaired) electrons. The molecule has 0 fully saturated rings. The van der Waals surface area contributed by atoms with Gasteiger partial charge < -0.3 is 23.2 Å². The molecule has 1 amide bonds. The molecule has 0 saturated heterocycles. The monoisotopic (exact) mass is 869 g/mol. The van der Waals surface area contributed by atoms with Gasteiger partial charge in [0.15, 0.2) is 0 Å². The highest BCUT2D eigenvalue weighted by Crippen LogP contribution is 2.49. The Hall–Kier alpha value is -4.94. The predicted molar refractivity (Wildman–Crippen MR) is 252 cm³/mol. The van der Waals surface area contributed by atoms with E-state index in [0.29, 0.717) is 5.69 Å². The number of nitriles is 1. The fraction of sp³-hybridized carbons (Fsp3) is 0.191. The van der Waals surface area contributed by atoms with Crippen LogP contribution in [0, 0.1) is 39.0 Å². The first kappa shape index (κ1) is 40.8. The highest BCUT2D eigenvalue weighted by atomic mass is 32.1. The average Bonchev–Trinajstić information content (AvgIpc) is 4.07. The Morgan fingerprint density at radius 1 is 0.695 bits per heavy atom. The van der Waals surface area contributed by atoms with Crippen molar-refractivity contribution in [2.75, 3.05) is 26.6 Å². The quantitative estimate of drug-likeness (QED) is 0.0751. The van der Waals surface area contributed by atoms with E-state index in [0.717, 1.165) is 27.0 Å². The van der Waals surface area contributed by atoms with E-state index in [1.807, 2.05) is 29.6 Å². The molecule has 0 unspecified atom stereocenters. The number of nitrogens with one attached hydrogen (secondary N) is 1. The van der Waals surface area contributed by atoms with E-state index in [2.05, 4.69) is 110 Å². The molecule has 0 aliphatic rings. The highest BCUT2D eigenvalue weighted by Gasteiger charge is 2.40. The van der Waals surface area contributed by atoms with Crippen LogP contribution in [0.5, 0.6) is 0 Å². The molecule has 12 heteroatoms. The number of para-hydroxylation sites is 1. The molecule has 0 aliphatic heterocycles. The van der Waals surface area contributed by atoms with Crippen LogP contribution in [0.3, 0.4) is 0 Å². The van der Waals surface area contributed by atoms with Gasteiger partial charge >= 0.3 is 8.80 Å². The van der Waals surface area contributed by atoms with E-state index in [4.69, 9.17) is 13.3 Å². The summed E-state index contributed by atoms with van der Waals surface area (Å²) in [6, 6.07) is 33.9. The van der Waals surface area contributed by atoms with Gasteiger partial charge in [-0.25, -0.2) is 0 Å². The fourth-order valence-electron chi connectivity index (χ4n) is 7.68. The Balaban J connectivity index is 1.02. The topological polar surface area (TPSA) is 85.5 Å². The summed E-state index contributed by atoms with van der Waals surface area (Å²) in [5, 5.41) is 16.2. The van der Waals surface area contributed by atoms with Gasteiger partial charge in [0.05, 0.1) is 0 Å². The molecule has 0 saturated carbocycles. The minimum atomic E-state index is -3.01. The predicted octanol–water partition coefficient (Wildman–Crippen LogP) is 12.6. The lowest BCUT2D eigenvalue weighted by molar-refractivity contribution is -0.112. The van der Waals surface area contributed by atoms with E-state index in [-0.39, 0.29) is 5.57 Å². The molecular formula is C47H43N3O4S4Si. The van der Waals surface area contributed by atoms with E-state index in [1.54, 1.807) is 74.3 Å². The number of aromatic nitrogens is 1. The Morgan fingerprint density at radius 2 is 1.24 bits per heavy atom.